The topological polar surface area (TPSA) is 38.3 Å². The molecule has 1 N–H and O–H groups in total. The second kappa shape index (κ2) is 35.4. The van der Waals surface area contributed by atoms with Crippen LogP contribution < -0.4 is 5.32 Å². The van der Waals surface area contributed by atoms with Crippen molar-refractivity contribution in [1.82, 2.24) is 5.32 Å². The van der Waals surface area contributed by atoms with Crippen molar-refractivity contribution in [3.8, 4) is 0 Å². The molecule has 0 bridgehead atoms. The zero-order valence-electron chi connectivity index (χ0n) is 29.8. The lowest BCUT2D eigenvalue weighted by Gasteiger charge is -2.17. The average Bonchev–Trinajstić information content (AvgIpc) is 3.02. The number of carbonyl (C=O) groups is 1. The van der Waals surface area contributed by atoms with Gasteiger partial charge in [-0.15, -0.1) is 0 Å². The summed E-state index contributed by atoms with van der Waals surface area (Å²) in [6, 6.07) is 0. The molecule has 0 aliphatic carbocycles. The summed E-state index contributed by atoms with van der Waals surface area (Å²) in [6.45, 7) is 8.33. The van der Waals surface area contributed by atoms with E-state index in [4.69, 9.17) is 4.74 Å². The van der Waals surface area contributed by atoms with Crippen molar-refractivity contribution in [2.24, 2.45) is 11.8 Å². The molecule has 0 saturated heterocycles. The number of allylic oxidation sites excluding steroid dienone is 4. The first-order valence-electron chi connectivity index (χ1n) is 19.3. The Kier molecular flexibility index (Phi) is 34.5. The van der Waals surface area contributed by atoms with Gasteiger partial charge in [-0.3, -0.25) is 4.79 Å². The van der Waals surface area contributed by atoms with E-state index in [1.54, 1.807) is 0 Å². The number of rotatable bonds is 34. The van der Waals surface area contributed by atoms with Gasteiger partial charge in [0.1, 0.15) is 0 Å². The quantitative estimate of drug-likeness (QED) is 0.0451. The third-order valence-corrected chi connectivity index (χ3v) is 9.10. The summed E-state index contributed by atoms with van der Waals surface area (Å²) in [7, 11) is 2.09. The average molecular weight is 604 g/mol. The molecule has 0 radical (unpaired) electrons. The van der Waals surface area contributed by atoms with E-state index in [9.17, 15) is 4.79 Å². The summed E-state index contributed by atoms with van der Waals surface area (Å²) in [4.78, 5) is 12.2. The van der Waals surface area contributed by atoms with Gasteiger partial charge in [-0.1, -0.05) is 161 Å². The lowest BCUT2D eigenvalue weighted by molar-refractivity contribution is -0.149. The maximum Gasteiger partial charge on any atom is 0.308 e. The largest absolute Gasteiger partial charge is 0.465 e. The summed E-state index contributed by atoms with van der Waals surface area (Å²) in [5.41, 5.74) is 0. The van der Waals surface area contributed by atoms with E-state index in [0.29, 0.717) is 6.61 Å². The van der Waals surface area contributed by atoms with Crippen molar-refractivity contribution in [1.29, 1.82) is 0 Å². The molecule has 3 nitrogen and oxygen atoms in total. The molecule has 2 atom stereocenters. The molecule has 0 fully saturated rings. The van der Waals surface area contributed by atoms with Crippen molar-refractivity contribution < 1.29 is 9.53 Å². The van der Waals surface area contributed by atoms with E-state index in [2.05, 4.69) is 57.4 Å². The Bertz CT molecular complexity index is 614. The highest BCUT2D eigenvalue weighted by atomic mass is 16.5. The van der Waals surface area contributed by atoms with Gasteiger partial charge in [-0.2, -0.15) is 0 Å². The first kappa shape index (κ1) is 41.9. The second-order valence-electron chi connectivity index (χ2n) is 13.2. The summed E-state index contributed by atoms with van der Waals surface area (Å²) in [5.74, 6) is 1.06. The zero-order chi connectivity index (χ0) is 31.5. The first-order chi connectivity index (χ1) is 21.2. The highest BCUT2D eigenvalue weighted by Gasteiger charge is 2.16. The number of hydrogen-bond donors (Lipinski definition) is 1. The van der Waals surface area contributed by atoms with Crippen molar-refractivity contribution >= 4 is 5.97 Å². The Balaban J connectivity index is 3.66. The molecule has 0 aliphatic rings. The van der Waals surface area contributed by atoms with Crippen LogP contribution in [0, 0.1) is 11.8 Å². The molecule has 0 aliphatic heterocycles. The molecule has 0 saturated carbocycles. The summed E-state index contributed by atoms with van der Waals surface area (Å²) < 4.78 is 5.55. The smallest absolute Gasteiger partial charge is 0.308 e. The molecule has 3 heteroatoms. The van der Waals surface area contributed by atoms with Gasteiger partial charge in [0.2, 0.25) is 0 Å². The Morgan fingerprint density at radius 2 is 1.09 bits per heavy atom. The van der Waals surface area contributed by atoms with Crippen molar-refractivity contribution in [3.63, 3.8) is 0 Å². The lowest BCUT2D eigenvalue weighted by Crippen LogP contribution is -2.17. The van der Waals surface area contributed by atoms with Crippen molar-refractivity contribution in [2.75, 3.05) is 20.2 Å². The van der Waals surface area contributed by atoms with Crippen LogP contribution >= 0.6 is 0 Å². The van der Waals surface area contributed by atoms with Crippen LogP contribution in [0.3, 0.4) is 0 Å². The van der Waals surface area contributed by atoms with Crippen LogP contribution in [0.25, 0.3) is 0 Å². The Hall–Kier alpha value is -1.09. The van der Waals surface area contributed by atoms with E-state index >= 15 is 0 Å². The molecule has 254 valence electrons. The number of carbonyl (C=O) groups excluding carboxylic acids is 1. The molecule has 0 aromatic rings. The molecule has 0 heterocycles. The molecule has 0 aromatic carbocycles. The minimum atomic E-state index is 0.0368. The molecular formula is C40H77NO2. The normalized spacial score (nSPS) is 13.3. The highest BCUT2D eigenvalue weighted by Crippen LogP contribution is 2.22. The molecule has 0 amide bonds. The fraction of sp³-hybridized carbons (Fsp3) is 0.875. The molecule has 43 heavy (non-hydrogen) atoms. The van der Waals surface area contributed by atoms with Crippen LogP contribution in [0.2, 0.25) is 0 Å². The number of hydrogen-bond acceptors (Lipinski definition) is 3. The number of ether oxygens (including phenoxy) is 1. The summed E-state index contributed by atoms with van der Waals surface area (Å²) in [6.07, 6.45) is 44.2. The van der Waals surface area contributed by atoms with Gasteiger partial charge in [-0.05, 0) is 77.3 Å². The number of unbranched alkanes of at least 4 members (excludes halogenated alkanes) is 17. The maximum absolute atomic E-state index is 12.2. The van der Waals surface area contributed by atoms with Gasteiger partial charge in [-0.25, -0.2) is 0 Å². The minimum Gasteiger partial charge on any atom is -0.465 e. The van der Waals surface area contributed by atoms with Crippen LogP contribution in [0.5, 0.6) is 0 Å². The molecule has 0 aromatic heterocycles. The fourth-order valence-electron chi connectivity index (χ4n) is 6.03. The third kappa shape index (κ3) is 30.7. The van der Waals surface area contributed by atoms with Crippen LogP contribution in [0.15, 0.2) is 24.3 Å². The van der Waals surface area contributed by atoms with E-state index in [-0.39, 0.29) is 11.9 Å². The van der Waals surface area contributed by atoms with E-state index in [1.807, 2.05) is 0 Å². The van der Waals surface area contributed by atoms with Crippen LogP contribution in [0.1, 0.15) is 194 Å². The highest BCUT2D eigenvalue weighted by molar-refractivity contribution is 5.72. The van der Waals surface area contributed by atoms with Gasteiger partial charge in [0.25, 0.3) is 0 Å². The number of esters is 1. The van der Waals surface area contributed by atoms with Crippen molar-refractivity contribution in [3.05, 3.63) is 24.3 Å². The van der Waals surface area contributed by atoms with E-state index < -0.39 is 0 Å². The van der Waals surface area contributed by atoms with Gasteiger partial charge >= 0.3 is 5.97 Å². The standard InChI is InChI=1S/C40H77NO2/c1-5-8-10-11-12-13-14-15-16-17-18-19-20-21-23-26-29-32-38(35-36-41-4)33-30-27-24-22-25-28-31-37-43-40(42)39(7-3)34-9-6-2/h12-13,15-16,38-39,41H,5-11,14,17-37H2,1-4H3/b13-12-,16-15-. The Morgan fingerprint density at radius 1 is 0.581 bits per heavy atom. The summed E-state index contributed by atoms with van der Waals surface area (Å²) in [5, 5.41) is 3.38. The number of nitrogens with one attached hydrogen (secondary N) is 1. The zero-order valence-corrected chi connectivity index (χ0v) is 29.8. The van der Waals surface area contributed by atoms with Gasteiger partial charge in [0, 0.05) is 0 Å². The van der Waals surface area contributed by atoms with E-state index in [0.717, 1.165) is 51.0 Å². The van der Waals surface area contributed by atoms with Gasteiger partial charge in [0.15, 0.2) is 0 Å². The monoisotopic (exact) mass is 604 g/mol. The van der Waals surface area contributed by atoms with Gasteiger partial charge in [0.05, 0.1) is 12.5 Å². The van der Waals surface area contributed by atoms with E-state index in [1.165, 1.54) is 135 Å². The predicted molar refractivity (Wildman–Crippen MR) is 192 cm³/mol. The molecule has 0 spiro atoms. The fourth-order valence-corrected chi connectivity index (χ4v) is 6.03. The predicted octanol–water partition coefficient (Wildman–Crippen LogP) is 12.7. The van der Waals surface area contributed by atoms with Crippen molar-refractivity contribution in [2.45, 2.75) is 194 Å². The molecular weight excluding hydrogens is 526 g/mol. The minimum absolute atomic E-state index is 0.0368. The molecule has 0 rings (SSSR count). The van der Waals surface area contributed by atoms with Crippen LogP contribution in [0.4, 0.5) is 0 Å². The first-order valence-corrected chi connectivity index (χ1v) is 19.3. The Morgan fingerprint density at radius 3 is 1.63 bits per heavy atom. The Labute approximate surface area is 270 Å². The summed E-state index contributed by atoms with van der Waals surface area (Å²) >= 11 is 0. The molecule has 2 unspecified atom stereocenters. The SMILES string of the molecule is CCCCC/C=C\C/C=C\CCCCCCCCCC(CCCCCCCCCOC(=O)C(CC)CCCC)CCNC. The van der Waals surface area contributed by atoms with Crippen LogP contribution in [-0.4, -0.2) is 26.2 Å². The maximum atomic E-state index is 12.2. The second-order valence-corrected chi connectivity index (χ2v) is 13.2. The lowest BCUT2D eigenvalue weighted by atomic mass is 9.91. The van der Waals surface area contributed by atoms with Crippen LogP contribution in [-0.2, 0) is 9.53 Å². The van der Waals surface area contributed by atoms with Gasteiger partial charge < -0.3 is 10.1 Å². The third-order valence-electron chi connectivity index (χ3n) is 9.10.